The second kappa shape index (κ2) is 18.7. The number of aliphatic carboxylic acids is 1. The van der Waals surface area contributed by atoms with Gasteiger partial charge in [0.15, 0.2) is 11.6 Å². The molecule has 0 aromatic rings. The van der Waals surface area contributed by atoms with Crippen molar-refractivity contribution < 1.29 is 58.1 Å². The van der Waals surface area contributed by atoms with Crippen molar-refractivity contribution in [2.24, 2.45) is 41.4 Å². The molecular weight excluding hydrogens is 759 g/mol. The minimum atomic E-state index is -1.36. The Morgan fingerprint density at radius 3 is 2.15 bits per heavy atom. The van der Waals surface area contributed by atoms with Crippen molar-refractivity contribution in [2.45, 2.75) is 219 Å². The van der Waals surface area contributed by atoms with E-state index in [0.717, 1.165) is 6.42 Å². The largest absolute Gasteiger partial charge is 0.481 e. The number of Topliss-reactive ketones (excluding diaryl/α,β-unsaturated/α-hetero) is 1. The summed E-state index contributed by atoms with van der Waals surface area (Å²) >= 11 is 0. The van der Waals surface area contributed by atoms with E-state index in [1.807, 2.05) is 53.7 Å². The van der Waals surface area contributed by atoms with E-state index < -0.39 is 95.1 Å². The molecule has 13 nitrogen and oxygen atoms in total. The fourth-order valence-electron chi connectivity index (χ4n) is 11.0. The number of hydrogen-bond donors (Lipinski definition) is 4. The van der Waals surface area contributed by atoms with Gasteiger partial charge in [0.25, 0.3) is 0 Å². The molecule has 338 valence electrons. The van der Waals surface area contributed by atoms with Gasteiger partial charge in [0.1, 0.15) is 11.8 Å². The van der Waals surface area contributed by atoms with Crippen molar-refractivity contribution in [1.29, 1.82) is 0 Å². The van der Waals surface area contributed by atoms with E-state index in [-0.39, 0.29) is 35.7 Å². The van der Waals surface area contributed by atoms with E-state index in [4.69, 9.17) is 28.4 Å². The van der Waals surface area contributed by atoms with Crippen molar-refractivity contribution in [3.63, 3.8) is 0 Å². The molecule has 1 amide bonds. The van der Waals surface area contributed by atoms with Crippen LogP contribution < -0.4 is 5.32 Å². The molecule has 0 aliphatic carbocycles. The lowest BCUT2D eigenvalue weighted by Gasteiger charge is -2.55. The molecule has 4 saturated heterocycles. The zero-order valence-corrected chi connectivity index (χ0v) is 37.9. The molecule has 59 heavy (non-hydrogen) atoms. The second-order valence-electron chi connectivity index (χ2n) is 19.5. The number of carboxylic acid groups (broad SMARTS) is 1. The molecule has 0 aromatic carbocycles. The van der Waals surface area contributed by atoms with Gasteiger partial charge < -0.3 is 49.1 Å². The lowest BCUT2D eigenvalue weighted by molar-refractivity contribution is -0.398. The summed E-state index contributed by atoms with van der Waals surface area (Å²) < 4.78 is 39.8. The number of aliphatic hydroxyl groups excluding tert-OH is 1. The molecule has 5 rings (SSSR count). The lowest BCUT2D eigenvalue weighted by atomic mass is 9.72. The molecule has 0 saturated carbocycles. The summed E-state index contributed by atoms with van der Waals surface area (Å²) in [7, 11) is 0. The van der Waals surface area contributed by atoms with Gasteiger partial charge in [0.2, 0.25) is 0 Å². The zero-order chi connectivity index (χ0) is 43.8. The highest BCUT2D eigenvalue weighted by Gasteiger charge is 2.63. The molecular formula is C46H77NO12. The molecule has 5 aliphatic rings. The van der Waals surface area contributed by atoms with Gasteiger partial charge in [-0.1, -0.05) is 61.5 Å². The minimum Gasteiger partial charge on any atom is -0.481 e. The number of carbonyl (C=O) groups is 3. The second-order valence-corrected chi connectivity index (χ2v) is 19.5. The number of alkyl carbamates (subject to hydrolysis) is 1. The van der Waals surface area contributed by atoms with Crippen LogP contribution in [0.15, 0.2) is 12.2 Å². The molecule has 4 fully saturated rings. The monoisotopic (exact) mass is 836 g/mol. The number of nitrogens with one attached hydrogen (secondary N) is 1. The number of hydrogen-bond acceptors (Lipinski definition) is 11. The third kappa shape index (κ3) is 9.61. The number of ether oxygens (including phenoxy) is 6. The Hall–Kier alpha value is -2.13. The van der Waals surface area contributed by atoms with Gasteiger partial charge in [-0.15, -0.1) is 0 Å². The molecule has 2 spiro atoms. The van der Waals surface area contributed by atoms with Crippen molar-refractivity contribution in [3.8, 4) is 0 Å². The number of rotatable bonds is 14. The van der Waals surface area contributed by atoms with Crippen molar-refractivity contribution in [2.75, 3.05) is 0 Å². The fraction of sp³-hybridized carbons (Fsp3) is 0.891. The Bertz CT molecular complexity index is 1510. The van der Waals surface area contributed by atoms with Crippen LogP contribution in [0.5, 0.6) is 0 Å². The molecule has 0 bridgehead atoms. The molecule has 0 radical (unpaired) electrons. The van der Waals surface area contributed by atoms with E-state index in [0.29, 0.717) is 57.8 Å². The Kier molecular flexibility index (Phi) is 15.2. The first-order valence-electron chi connectivity index (χ1n) is 22.8. The Labute approximate surface area is 353 Å². The number of carboxylic acids is 1. The summed E-state index contributed by atoms with van der Waals surface area (Å²) in [6.07, 6.45) is 5.44. The van der Waals surface area contributed by atoms with E-state index in [1.165, 1.54) is 0 Å². The van der Waals surface area contributed by atoms with Crippen LogP contribution in [0.3, 0.4) is 0 Å². The predicted molar refractivity (Wildman–Crippen MR) is 221 cm³/mol. The highest BCUT2D eigenvalue weighted by atomic mass is 16.8. The van der Waals surface area contributed by atoms with Gasteiger partial charge in [0, 0.05) is 30.1 Å². The molecule has 5 heterocycles. The summed E-state index contributed by atoms with van der Waals surface area (Å²) in [5.74, 6) is -6.06. The molecule has 1 unspecified atom stereocenters. The maximum absolute atomic E-state index is 14.6. The first-order chi connectivity index (χ1) is 27.6. The van der Waals surface area contributed by atoms with Crippen LogP contribution in [-0.4, -0.2) is 105 Å². The SMILES string of the molecule is CCC(C(=O)[C@@H](C)[C@@H](O)[C@H](C)[C@@H]1O[C@@H]([C@@H](CC)C(=O)O)CC[C@@H]1C)[C@H]1O[C@]2(C=C[C@@H](NC(=O)OC(C)C)[C@]3(CC[C@@](C)([C@H]4CC[C@](O)(CC)[C@H](C)O4)O3)O2)[C@H](C)C[C@@H]1C. The van der Waals surface area contributed by atoms with E-state index in [9.17, 15) is 29.7 Å². The summed E-state index contributed by atoms with van der Waals surface area (Å²) in [6, 6.07) is -0.726. The normalized spacial score (nSPS) is 42.6. The van der Waals surface area contributed by atoms with Crippen LogP contribution in [0.25, 0.3) is 0 Å². The maximum atomic E-state index is 14.6. The smallest absolute Gasteiger partial charge is 0.408 e. The van der Waals surface area contributed by atoms with Gasteiger partial charge in [-0.25, -0.2) is 4.79 Å². The van der Waals surface area contributed by atoms with Crippen LogP contribution in [0.1, 0.15) is 147 Å². The predicted octanol–water partition coefficient (Wildman–Crippen LogP) is 7.33. The topological polar surface area (TPSA) is 179 Å². The molecule has 18 atom stereocenters. The van der Waals surface area contributed by atoms with Gasteiger partial charge in [-0.3, -0.25) is 9.59 Å². The van der Waals surface area contributed by atoms with E-state index in [2.05, 4.69) is 26.1 Å². The van der Waals surface area contributed by atoms with E-state index >= 15 is 0 Å². The first-order valence-corrected chi connectivity index (χ1v) is 22.8. The highest BCUT2D eigenvalue weighted by molar-refractivity contribution is 5.84. The third-order valence-electron chi connectivity index (χ3n) is 15.1. The summed E-state index contributed by atoms with van der Waals surface area (Å²) in [5, 5.41) is 35.8. The Morgan fingerprint density at radius 2 is 1.56 bits per heavy atom. The number of aliphatic hydroxyl groups is 2. The van der Waals surface area contributed by atoms with Crippen LogP contribution in [0, 0.1) is 41.4 Å². The van der Waals surface area contributed by atoms with Gasteiger partial charge in [-0.05, 0) is 103 Å². The van der Waals surface area contributed by atoms with Crippen LogP contribution in [0.2, 0.25) is 0 Å². The van der Waals surface area contributed by atoms with Crippen LogP contribution in [-0.2, 0) is 38.0 Å². The van der Waals surface area contributed by atoms with Gasteiger partial charge in [0.05, 0.1) is 59.8 Å². The van der Waals surface area contributed by atoms with Crippen molar-refractivity contribution in [1.82, 2.24) is 5.32 Å². The minimum absolute atomic E-state index is 0.0234. The summed E-state index contributed by atoms with van der Waals surface area (Å²) in [6.45, 7) is 23.2. The third-order valence-corrected chi connectivity index (χ3v) is 15.1. The lowest BCUT2D eigenvalue weighted by Crippen LogP contribution is -2.65. The zero-order valence-electron chi connectivity index (χ0n) is 37.9. The highest BCUT2D eigenvalue weighted by Crippen LogP contribution is 2.54. The van der Waals surface area contributed by atoms with Crippen molar-refractivity contribution in [3.05, 3.63) is 12.2 Å². The van der Waals surface area contributed by atoms with Crippen LogP contribution >= 0.6 is 0 Å². The number of ketones is 1. The molecule has 4 N–H and O–H groups in total. The van der Waals surface area contributed by atoms with Crippen LogP contribution in [0.4, 0.5) is 4.79 Å². The maximum Gasteiger partial charge on any atom is 0.408 e. The fourth-order valence-corrected chi connectivity index (χ4v) is 11.0. The average molecular weight is 836 g/mol. The first kappa shape index (κ1) is 47.9. The Morgan fingerprint density at radius 1 is 0.881 bits per heavy atom. The van der Waals surface area contributed by atoms with Gasteiger partial charge in [-0.2, -0.15) is 0 Å². The average Bonchev–Trinajstić information content (AvgIpc) is 3.52. The summed E-state index contributed by atoms with van der Waals surface area (Å²) in [5.41, 5.74) is -1.72. The number of amides is 1. The molecule has 13 heteroatoms. The summed E-state index contributed by atoms with van der Waals surface area (Å²) in [4.78, 5) is 39.7. The number of carbonyl (C=O) groups excluding carboxylic acids is 2. The quantitative estimate of drug-likeness (QED) is 0.128. The Balaban J connectivity index is 1.39. The molecule has 0 aromatic heterocycles. The molecule has 5 aliphatic heterocycles. The van der Waals surface area contributed by atoms with Crippen molar-refractivity contribution >= 4 is 17.8 Å². The van der Waals surface area contributed by atoms with E-state index in [1.54, 1.807) is 20.8 Å². The van der Waals surface area contributed by atoms with Gasteiger partial charge >= 0.3 is 12.1 Å². The standard InChI is InChI=1S/C46H77NO12/c1-13-32(41(50)51)34-17-16-26(6)39(56-34)30(10)37(48)29(9)38(49)33(14-2)40-27(7)24-28(8)45(57-40)21-18-35(47-42(52)54-25(4)5)46(59-45)23-22-43(12,58-46)36-19-20-44(53,15-3)31(11)55-36/h18,21,25-37,39-40,48,53H,13-17,19-20,22-24H2,1-12H3,(H,47,52)(H,50,51)/t26-,27-,28+,29-,30-,31-,32+,33?,34+,35+,36+,37+,39+,40-,43-,44+,45-,46-/m0/s1.